The number of carbonyl (C=O) groups excluding carboxylic acids is 1. The molecule has 106 valence electrons. The van der Waals surface area contributed by atoms with Gasteiger partial charge in [-0.2, -0.15) is 0 Å². The quantitative estimate of drug-likeness (QED) is 0.784. The molecular weight excluding hydrogens is 254 g/mol. The van der Waals surface area contributed by atoms with Gasteiger partial charge in [0.15, 0.2) is 6.61 Å². The third-order valence-electron chi connectivity index (χ3n) is 3.49. The van der Waals surface area contributed by atoms with E-state index >= 15 is 0 Å². The zero-order valence-corrected chi connectivity index (χ0v) is 11.7. The summed E-state index contributed by atoms with van der Waals surface area (Å²) in [5.74, 6) is 3.17. The molecule has 2 rings (SSSR count). The van der Waals surface area contributed by atoms with E-state index < -0.39 is 0 Å². The Morgan fingerprint density at radius 2 is 2.20 bits per heavy atom. The third kappa shape index (κ3) is 3.75. The largest absolute Gasteiger partial charge is 0.484 e. The number of piperidine rings is 1. The molecule has 0 unspecified atom stereocenters. The van der Waals surface area contributed by atoms with Crippen molar-refractivity contribution in [2.24, 2.45) is 0 Å². The molecule has 4 heteroatoms. The molecule has 1 aliphatic heterocycles. The van der Waals surface area contributed by atoms with Gasteiger partial charge in [0.1, 0.15) is 5.75 Å². The summed E-state index contributed by atoms with van der Waals surface area (Å²) in [5.41, 5.74) is 0.746. The van der Waals surface area contributed by atoms with Crippen LogP contribution in [0.2, 0.25) is 0 Å². The number of amides is 1. The molecule has 4 nitrogen and oxygen atoms in total. The molecule has 0 aliphatic carbocycles. The van der Waals surface area contributed by atoms with Crippen molar-refractivity contribution in [2.45, 2.75) is 18.9 Å². The van der Waals surface area contributed by atoms with Crippen LogP contribution in [0.25, 0.3) is 0 Å². The van der Waals surface area contributed by atoms with Crippen molar-refractivity contribution in [1.29, 1.82) is 0 Å². The van der Waals surface area contributed by atoms with E-state index in [-0.39, 0.29) is 18.6 Å². The minimum atomic E-state index is 0.00524. The number of ether oxygens (including phenoxy) is 2. The van der Waals surface area contributed by atoms with Crippen LogP contribution < -0.4 is 4.74 Å². The Kier molecular flexibility index (Phi) is 5.03. The molecule has 0 bridgehead atoms. The predicted octanol–water partition coefficient (Wildman–Crippen LogP) is 1.68. The molecule has 1 aromatic rings. The maximum absolute atomic E-state index is 12.0. The van der Waals surface area contributed by atoms with E-state index in [1.165, 1.54) is 0 Å². The smallest absolute Gasteiger partial charge is 0.260 e. The van der Waals surface area contributed by atoms with E-state index in [4.69, 9.17) is 15.9 Å². The average Bonchev–Trinajstić information content (AvgIpc) is 2.53. The standard InChI is InChI=1S/C16H19NO3/c1-3-13-5-4-6-15(11-13)20-12-16(18)17-9-7-14(19-2)8-10-17/h1,4-6,11,14H,7-10,12H2,2H3. The number of nitrogens with zero attached hydrogens (tertiary/aromatic N) is 1. The number of methoxy groups -OCH3 is 1. The second-order valence-corrected chi connectivity index (χ2v) is 4.78. The number of terminal acetylenes is 1. The van der Waals surface area contributed by atoms with Crippen molar-refractivity contribution in [2.75, 3.05) is 26.8 Å². The van der Waals surface area contributed by atoms with Crippen LogP contribution in [0.4, 0.5) is 0 Å². The maximum Gasteiger partial charge on any atom is 0.260 e. The second kappa shape index (κ2) is 6.97. The number of hydrogen-bond donors (Lipinski definition) is 0. The summed E-state index contributed by atoms with van der Waals surface area (Å²) in [7, 11) is 1.71. The van der Waals surface area contributed by atoms with Gasteiger partial charge < -0.3 is 14.4 Å². The first-order chi connectivity index (χ1) is 9.72. The highest BCUT2D eigenvalue weighted by molar-refractivity contribution is 5.77. The number of likely N-dealkylation sites (tertiary alicyclic amines) is 1. The van der Waals surface area contributed by atoms with Gasteiger partial charge in [-0.05, 0) is 31.0 Å². The van der Waals surface area contributed by atoms with Gasteiger partial charge in [-0.15, -0.1) is 6.42 Å². The lowest BCUT2D eigenvalue weighted by molar-refractivity contribution is -0.135. The Bertz CT molecular complexity index is 499. The molecule has 0 N–H and O–H groups in total. The molecular formula is C16H19NO3. The lowest BCUT2D eigenvalue weighted by Gasteiger charge is -2.31. The van der Waals surface area contributed by atoms with E-state index in [1.807, 2.05) is 17.0 Å². The van der Waals surface area contributed by atoms with Crippen molar-refractivity contribution in [3.8, 4) is 18.1 Å². The highest BCUT2D eigenvalue weighted by Crippen LogP contribution is 2.15. The predicted molar refractivity (Wildman–Crippen MR) is 76.5 cm³/mol. The van der Waals surface area contributed by atoms with E-state index in [1.54, 1.807) is 19.2 Å². The van der Waals surface area contributed by atoms with Gasteiger partial charge in [-0.1, -0.05) is 12.0 Å². The van der Waals surface area contributed by atoms with Crippen molar-refractivity contribution in [3.63, 3.8) is 0 Å². The highest BCUT2D eigenvalue weighted by Gasteiger charge is 2.22. The van der Waals surface area contributed by atoms with Crippen LogP contribution in [-0.2, 0) is 9.53 Å². The second-order valence-electron chi connectivity index (χ2n) is 4.78. The van der Waals surface area contributed by atoms with Gasteiger partial charge in [0.2, 0.25) is 0 Å². The SMILES string of the molecule is C#Cc1cccc(OCC(=O)N2CCC(OC)CC2)c1. The minimum absolute atomic E-state index is 0.00524. The first-order valence-electron chi connectivity index (χ1n) is 6.73. The zero-order chi connectivity index (χ0) is 14.4. The zero-order valence-electron chi connectivity index (χ0n) is 11.7. The van der Waals surface area contributed by atoms with Crippen LogP contribution >= 0.6 is 0 Å². The Morgan fingerprint density at radius 1 is 1.45 bits per heavy atom. The number of hydrogen-bond acceptors (Lipinski definition) is 3. The third-order valence-corrected chi connectivity index (χ3v) is 3.49. The van der Waals surface area contributed by atoms with E-state index in [2.05, 4.69) is 5.92 Å². The summed E-state index contributed by atoms with van der Waals surface area (Å²) in [4.78, 5) is 13.9. The maximum atomic E-state index is 12.0. The fraction of sp³-hybridized carbons (Fsp3) is 0.438. The van der Waals surface area contributed by atoms with Crippen molar-refractivity contribution >= 4 is 5.91 Å². The topological polar surface area (TPSA) is 38.8 Å². The van der Waals surface area contributed by atoms with Gasteiger partial charge in [0.05, 0.1) is 6.10 Å². The lowest BCUT2D eigenvalue weighted by atomic mass is 10.1. The normalized spacial score (nSPS) is 15.7. The number of benzene rings is 1. The minimum Gasteiger partial charge on any atom is -0.484 e. The van der Waals surface area contributed by atoms with Gasteiger partial charge in [0, 0.05) is 25.8 Å². The first-order valence-corrected chi connectivity index (χ1v) is 6.73. The van der Waals surface area contributed by atoms with Crippen LogP contribution in [0.15, 0.2) is 24.3 Å². The van der Waals surface area contributed by atoms with Crippen LogP contribution in [0.5, 0.6) is 5.75 Å². The molecule has 1 aliphatic rings. The van der Waals surface area contributed by atoms with E-state index in [0.717, 1.165) is 31.5 Å². The highest BCUT2D eigenvalue weighted by atomic mass is 16.5. The summed E-state index contributed by atoms with van der Waals surface area (Å²) in [6.07, 6.45) is 7.36. The summed E-state index contributed by atoms with van der Waals surface area (Å²) in [5, 5.41) is 0. The monoisotopic (exact) mass is 273 g/mol. The Balaban J connectivity index is 1.82. The molecule has 0 saturated carbocycles. The van der Waals surface area contributed by atoms with Gasteiger partial charge in [0.25, 0.3) is 5.91 Å². The van der Waals surface area contributed by atoms with Crippen molar-refractivity contribution in [1.82, 2.24) is 4.90 Å². The molecule has 1 amide bonds. The van der Waals surface area contributed by atoms with E-state index in [0.29, 0.717) is 5.75 Å². The van der Waals surface area contributed by atoms with E-state index in [9.17, 15) is 4.79 Å². The Labute approximate surface area is 119 Å². The fourth-order valence-electron chi connectivity index (χ4n) is 2.25. The van der Waals surface area contributed by atoms with Crippen LogP contribution in [0.3, 0.4) is 0 Å². The van der Waals surface area contributed by atoms with Crippen LogP contribution in [-0.4, -0.2) is 43.7 Å². The van der Waals surface area contributed by atoms with Crippen molar-refractivity contribution in [3.05, 3.63) is 29.8 Å². The Morgan fingerprint density at radius 3 is 2.85 bits per heavy atom. The molecule has 1 heterocycles. The molecule has 20 heavy (non-hydrogen) atoms. The number of carbonyl (C=O) groups is 1. The summed E-state index contributed by atoms with van der Waals surface area (Å²) < 4.78 is 10.8. The van der Waals surface area contributed by atoms with Crippen molar-refractivity contribution < 1.29 is 14.3 Å². The van der Waals surface area contributed by atoms with Crippen LogP contribution in [0.1, 0.15) is 18.4 Å². The molecule has 0 radical (unpaired) electrons. The molecule has 0 spiro atoms. The van der Waals surface area contributed by atoms with Gasteiger partial charge >= 0.3 is 0 Å². The van der Waals surface area contributed by atoms with Crippen LogP contribution in [0, 0.1) is 12.3 Å². The molecule has 0 aromatic heterocycles. The first kappa shape index (κ1) is 14.4. The fourth-order valence-corrected chi connectivity index (χ4v) is 2.25. The molecule has 1 aromatic carbocycles. The van der Waals surface area contributed by atoms with Gasteiger partial charge in [-0.3, -0.25) is 4.79 Å². The van der Waals surface area contributed by atoms with Gasteiger partial charge in [-0.25, -0.2) is 0 Å². The molecule has 1 fully saturated rings. The summed E-state index contributed by atoms with van der Waals surface area (Å²) in [6, 6.07) is 7.19. The average molecular weight is 273 g/mol. The molecule has 0 atom stereocenters. The molecule has 1 saturated heterocycles. The summed E-state index contributed by atoms with van der Waals surface area (Å²) in [6.45, 7) is 1.50. The number of rotatable bonds is 4. The summed E-state index contributed by atoms with van der Waals surface area (Å²) >= 11 is 0. The Hall–Kier alpha value is -1.99. The lowest BCUT2D eigenvalue weighted by Crippen LogP contribution is -2.42.